The number of benzene rings is 1. The first kappa shape index (κ1) is 12.4. The predicted octanol–water partition coefficient (Wildman–Crippen LogP) is 1.94. The Morgan fingerprint density at radius 2 is 2.00 bits per heavy atom. The number of likely N-dealkylation sites (N-methyl/N-ethyl adjacent to an activating group) is 1. The molecule has 0 aliphatic heterocycles. The van der Waals surface area contributed by atoms with Gasteiger partial charge < -0.3 is 15.1 Å². The van der Waals surface area contributed by atoms with Gasteiger partial charge in [-0.15, -0.1) is 0 Å². The van der Waals surface area contributed by atoms with E-state index in [1.165, 1.54) is 0 Å². The van der Waals surface area contributed by atoms with Crippen molar-refractivity contribution in [3.05, 3.63) is 60.1 Å². The number of hydrogen-bond donors (Lipinski definition) is 1. The van der Waals surface area contributed by atoms with E-state index >= 15 is 0 Å². The molecule has 2 rings (SSSR count). The van der Waals surface area contributed by atoms with Crippen LogP contribution < -0.4 is 5.73 Å². The van der Waals surface area contributed by atoms with Crippen LogP contribution >= 0.6 is 0 Å². The molecule has 0 bridgehead atoms. The summed E-state index contributed by atoms with van der Waals surface area (Å²) in [5, 5.41) is 0. The summed E-state index contributed by atoms with van der Waals surface area (Å²) in [6, 6.07) is 12.3. The second kappa shape index (κ2) is 5.51. The van der Waals surface area contributed by atoms with Crippen molar-refractivity contribution in [3.8, 4) is 0 Å². The van der Waals surface area contributed by atoms with Gasteiger partial charge in [0.2, 0.25) is 5.91 Å². The van der Waals surface area contributed by atoms with Gasteiger partial charge in [-0.1, -0.05) is 30.3 Å². The average Bonchev–Trinajstić information content (AvgIpc) is 2.91. The van der Waals surface area contributed by atoms with Gasteiger partial charge in [0.1, 0.15) is 11.8 Å². The van der Waals surface area contributed by atoms with E-state index in [2.05, 4.69) is 0 Å². The van der Waals surface area contributed by atoms with Gasteiger partial charge in [0.15, 0.2) is 0 Å². The van der Waals surface area contributed by atoms with Crippen LogP contribution in [0.15, 0.2) is 53.1 Å². The molecular weight excluding hydrogens is 228 g/mol. The van der Waals surface area contributed by atoms with Crippen molar-refractivity contribution in [1.29, 1.82) is 0 Å². The molecule has 2 aromatic rings. The highest BCUT2D eigenvalue weighted by molar-refractivity contribution is 5.82. The number of nitrogens with two attached hydrogens (primary N) is 1. The maximum Gasteiger partial charge on any atom is 0.244 e. The zero-order valence-electron chi connectivity index (χ0n) is 10.2. The van der Waals surface area contributed by atoms with E-state index in [9.17, 15) is 4.79 Å². The highest BCUT2D eigenvalue weighted by Crippen LogP contribution is 2.13. The molecule has 1 aromatic heterocycles. The Bertz CT molecular complexity index is 494. The Morgan fingerprint density at radius 1 is 1.28 bits per heavy atom. The van der Waals surface area contributed by atoms with Crippen molar-refractivity contribution in [3.63, 3.8) is 0 Å². The molecule has 0 aliphatic carbocycles. The summed E-state index contributed by atoms with van der Waals surface area (Å²) in [5.41, 5.74) is 6.76. The van der Waals surface area contributed by atoms with Gasteiger partial charge in [0, 0.05) is 7.05 Å². The van der Waals surface area contributed by atoms with Gasteiger partial charge in [-0.25, -0.2) is 0 Å². The van der Waals surface area contributed by atoms with Crippen molar-refractivity contribution in [1.82, 2.24) is 4.90 Å². The molecule has 0 spiro atoms. The highest BCUT2D eigenvalue weighted by atomic mass is 16.3. The first-order valence-electron chi connectivity index (χ1n) is 5.76. The third-order valence-electron chi connectivity index (χ3n) is 2.77. The fourth-order valence-electron chi connectivity index (χ4n) is 1.75. The highest BCUT2D eigenvalue weighted by Gasteiger charge is 2.20. The van der Waals surface area contributed by atoms with E-state index < -0.39 is 6.04 Å². The minimum atomic E-state index is -0.633. The Balaban J connectivity index is 2.02. The smallest absolute Gasteiger partial charge is 0.244 e. The standard InChI is InChI=1S/C14H16N2O2/c1-16(10-12-8-5-9-18-12)14(17)13(15)11-6-3-2-4-7-11/h2-9,13H,10,15H2,1H3/t13-/m0/s1. The molecule has 1 aromatic carbocycles. The molecule has 4 nitrogen and oxygen atoms in total. The van der Waals surface area contributed by atoms with Crippen LogP contribution in [0.2, 0.25) is 0 Å². The van der Waals surface area contributed by atoms with Crippen LogP contribution in [0.5, 0.6) is 0 Å². The van der Waals surface area contributed by atoms with E-state index in [0.717, 1.165) is 11.3 Å². The zero-order valence-corrected chi connectivity index (χ0v) is 10.2. The van der Waals surface area contributed by atoms with Gasteiger partial charge in [-0.05, 0) is 17.7 Å². The first-order chi connectivity index (χ1) is 8.68. The monoisotopic (exact) mass is 244 g/mol. The van der Waals surface area contributed by atoms with Crippen molar-refractivity contribution >= 4 is 5.91 Å². The lowest BCUT2D eigenvalue weighted by Gasteiger charge is -2.20. The summed E-state index contributed by atoms with van der Waals surface area (Å²) < 4.78 is 5.21. The van der Waals surface area contributed by atoms with Crippen LogP contribution in [0.3, 0.4) is 0 Å². The minimum Gasteiger partial charge on any atom is -0.467 e. The molecule has 18 heavy (non-hydrogen) atoms. The summed E-state index contributed by atoms with van der Waals surface area (Å²) in [4.78, 5) is 13.7. The van der Waals surface area contributed by atoms with E-state index in [-0.39, 0.29) is 5.91 Å². The molecule has 0 saturated heterocycles. The van der Waals surface area contributed by atoms with Crippen molar-refractivity contribution in [2.24, 2.45) is 5.73 Å². The lowest BCUT2D eigenvalue weighted by Crippen LogP contribution is -2.35. The van der Waals surface area contributed by atoms with Crippen LogP contribution in [0, 0.1) is 0 Å². The maximum atomic E-state index is 12.1. The Hall–Kier alpha value is -2.07. The van der Waals surface area contributed by atoms with Gasteiger partial charge in [0.25, 0.3) is 0 Å². The summed E-state index contributed by atoms with van der Waals surface area (Å²) in [6.07, 6.45) is 1.59. The summed E-state index contributed by atoms with van der Waals surface area (Å²) in [7, 11) is 1.72. The van der Waals surface area contributed by atoms with Crippen LogP contribution in [0.25, 0.3) is 0 Å². The largest absolute Gasteiger partial charge is 0.467 e. The number of carbonyl (C=O) groups is 1. The van der Waals surface area contributed by atoms with Crippen LogP contribution in [0.1, 0.15) is 17.4 Å². The van der Waals surface area contributed by atoms with Gasteiger partial charge in [0.05, 0.1) is 12.8 Å². The Morgan fingerprint density at radius 3 is 2.61 bits per heavy atom. The van der Waals surface area contributed by atoms with Gasteiger partial charge in [-0.3, -0.25) is 4.79 Å². The third-order valence-corrected chi connectivity index (χ3v) is 2.77. The third kappa shape index (κ3) is 2.78. The van der Waals surface area contributed by atoms with Crippen molar-refractivity contribution in [2.45, 2.75) is 12.6 Å². The van der Waals surface area contributed by atoms with Gasteiger partial charge >= 0.3 is 0 Å². The zero-order chi connectivity index (χ0) is 13.0. The number of nitrogens with zero attached hydrogens (tertiary/aromatic N) is 1. The molecule has 0 aliphatic rings. The fraction of sp³-hybridized carbons (Fsp3) is 0.214. The number of rotatable bonds is 4. The quantitative estimate of drug-likeness (QED) is 0.894. The van der Waals surface area contributed by atoms with Crippen LogP contribution in [-0.4, -0.2) is 17.9 Å². The molecular formula is C14H16N2O2. The molecule has 1 heterocycles. The van der Waals surface area contributed by atoms with E-state index in [4.69, 9.17) is 10.2 Å². The second-order valence-electron chi connectivity index (χ2n) is 4.16. The molecule has 1 amide bonds. The molecule has 0 saturated carbocycles. The average molecular weight is 244 g/mol. The number of hydrogen-bond acceptors (Lipinski definition) is 3. The lowest BCUT2D eigenvalue weighted by atomic mass is 10.1. The van der Waals surface area contributed by atoms with E-state index in [1.807, 2.05) is 36.4 Å². The Labute approximate surface area is 106 Å². The maximum absolute atomic E-state index is 12.1. The normalized spacial score (nSPS) is 12.1. The molecule has 0 fully saturated rings. The topological polar surface area (TPSA) is 59.5 Å². The van der Waals surface area contributed by atoms with Crippen molar-refractivity contribution < 1.29 is 9.21 Å². The lowest BCUT2D eigenvalue weighted by molar-refractivity contribution is -0.132. The second-order valence-corrected chi connectivity index (χ2v) is 4.16. The molecule has 94 valence electrons. The van der Waals surface area contributed by atoms with E-state index in [0.29, 0.717) is 6.54 Å². The molecule has 1 atom stereocenters. The predicted molar refractivity (Wildman–Crippen MR) is 68.6 cm³/mol. The molecule has 0 unspecified atom stereocenters. The summed E-state index contributed by atoms with van der Waals surface area (Å²) in [6.45, 7) is 0.423. The van der Waals surface area contributed by atoms with E-state index in [1.54, 1.807) is 24.3 Å². The molecule has 0 radical (unpaired) electrons. The molecule has 2 N–H and O–H groups in total. The van der Waals surface area contributed by atoms with Gasteiger partial charge in [-0.2, -0.15) is 0 Å². The summed E-state index contributed by atoms with van der Waals surface area (Å²) in [5.74, 6) is 0.615. The van der Waals surface area contributed by atoms with Crippen LogP contribution in [0.4, 0.5) is 0 Å². The SMILES string of the molecule is CN(Cc1ccco1)C(=O)[C@@H](N)c1ccccc1. The minimum absolute atomic E-state index is 0.127. The molecule has 4 heteroatoms. The fourth-order valence-corrected chi connectivity index (χ4v) is 1.75. The number of carbonyl (C=O) groups excluding carboxylic acids is 1. The first-order valence-corrected chi connectivity index (χ1v) is 5.76. The Kier molecular flexibility index (Phi) is 3.79. The summed E-state index contributed by atoms with van der Waals surface area (Å²) >= 11 is 0. The van der Waals surface area contributed by atoms with Crippen LogP contribution in [-0.2, 0) is 11.3 Å². The van der Waals surface area contributed by atoms with Crippen molar-refractivity contribution in [2.75, 3.05) is 7.05 Å². The number of furan rings is 1. The number of amides is 1.